The molecule has 4 N–H and O–H groups in total. The van der Waals surface area contributed by atoms with Crippen LogP contribution in [0.2, 0.25) is 0 Å². The molecule has 0 bridgehead atoms. The first kappa shape index (κ1) is 22.4. The van der Waals surface area contributed by atoms with Gasteiger partial charge in [0.15, 0.2) is 0 Å². The largest absolute Gasteiger partial charge is 0.495 e. The molecule has 0 saturated carbocycles. The van der Waals surface area contributed by atoms with E-state index in [9.17, 15) is 25.9 Å². The summed E-state index contributed by atoms with van der Waals surface area (Å²) >= 11 is 0. The zero-order valence-corrected chi connectivity index (χ0v) is 17.8. The van der Waals surface area contributed by atoms with Gasteiger partial charge in [0.05, 0.1) is 25.6 Å². The molecule has 11 nitrogen and oxygen atoms in total. The molecule has 0 saturated heterocycles. The molecule has 0 unspecified atom stereocenters. The summed E-state index contributed by atoms with van der Waals surface area (Å²) in [6.07, 6.45) is 0. The van der Waals surface area contributed by atoms with E-state index in [1.165, 1.54) is 44.6 Å². The number of hydrogen-bond acceptors (Lipinski definition) is 9. The van der Waals surface area contributed by atoms with E-state index >= 15 is 0 Å². The maximum absolute atomic E-state index is 11.9. The van der Waals surface area contributed by atoms with Crippen LogP contribution >= 0.6 is 0 Å². The zero-order valence-electron chi connectivity index (χ0n) is 16.2. The van der Waals surface area contributed by atoms with Crippen LogP contribution in [-0.4, -0.2) is 40.2 Å². The average molecular weight is 467 g/mol. The highest BCUT2D eigenvalue weighted by Gasteiger charge is 2.21. The van der Waals surface area contributed by atoms with Crippen LogP contribution in [0, 0.1) is 0 Å². The number of azo groups is 1. The van der Waals surface area contributed by atoms with Crippen LogP contribution in [0.25, 0.3) is 10.8 Å². The van der Waals surface area contributed by atoms with Gasteiger partial charge in [-0.3, -0.25) is 9.11 Å². The quantitative estimate of drug-likeness (QED) is 0.278. The molecule has 3 aromatic rings. The van der Waals surface area contributed by atoms with Gasteiger partial charge in [-0.25, -0.2) is 0 Å². The first-order chi connectivity index (χ1) is 14.5. The standard InChI is InChI=1S/C18H17N3O8S2/c1-28-15-9-14(16(29-2)8-13(15)19)21-20-10-6-12-11(18(7-10)31(25,26)27)4-3-5-17(12)30(22,23)24/h3-9H,19H2,1-2H3,(H,22,23,24)(H,25,26,27). The Hall–Kier alpha value is -3.26. The molecule has 0 heterocycles. The molecule has 164 valence electrons. The Morgan fingerprint density at radius 2 is 1.45 bits per heavy atom. The monoisotopic (exact) mass is 467 g/mol. The van der Waals surface area contributed by atoms with Crippen LogP contribution < -0.4 is 15.2 Å². The van der Waals surface area contributed by atoms with Gasteiger partial charge in [-0.15, -0.1) is 5.11 Å². The predicted octanol–water partition coefficient (Wildman–Crippen LogP) is 3.35. The number of methoxy groups -OCH3 is 2. The lowest BCUT2D eigenvalue weighted by Gasteiger charge is -2.10. The number of anilines is 1. The van der Waals surface area contributed by atoms with Crippen molar-refractivity contribution in [2.24, 2.45) is 10.2 Å². The molecule has 0 aromatic heterocycles. The van der Waals surface area contributed by atoms with Crippen molar-refractivity contribution in [1.29, 1.82) is 0 Å². The van der Waals surface area contributed by atoms with Crippen molar-refractivity contribution < 1.29 is 35.4 Å². The molecule has 3 aromatic carbocycles. The number of benzene rings is 3. The van der Waals surface area contributed by atoms with Gasteiger partial charge < -0.3 is 15.2 Å². The van der Waals surface area contributed by atoms with Gasteiger partial charge in [0.1, 0.15) is 27.0 Å². The lowest BCUT2D eigenvalue weighted by Crippen LogP contribution is -2.03. The number of hydrogen-bond donors (Lipinski definition) is 3. The molecule has 0 aliphatic carbocycles. The summed E-state index contributed by atoms with van der Waals surface area (Å²) < 4.78 is 76.6. The molecule has 0 aliphatic rings. The van der Waals surface area contributed by atoms with Crippen molar-refractivity contribution >= 4 is 48.1 Å². The summed E-state index contributed by atoms with van der Waals surface area (Å²) in [5.41, 5.74) is 6.17. The van der Waals surface area contributed by atoms with Crippen LogP contribution in [-0.2, 0) is 20.2 Å². The molecule has 3 rings (SSSR count). The lowest BCUT2D eigenvalue weighted by atomic mass is 10.1. The van der Waals surface area contributed by atoms with E-state index in [1.807, 2.05) is 0 Å². The summed E-state index contributed by atoms with van der Waals surface area (Å²) in [7, 11) is -6.68. The summed E-state index contributed by atoms with van der Waals surface area (Å²) in [6.45, 7) is 0. The van der Waals surface area contributed by atoms with Gasteiger partial charge in [0, 0.05) is 22.9 Å². The van der Waals surface area contributed by atoms with E-state index in [4.69, 9.17) is 15.2 Å². The first-order valence-corrected chi connectivity index (χ1v) is 11.3. The van der Waals surface area contributed by atoms with Crippen LogP contribution in [0.5, 0.6) is 11.5 Å². The van der Waals surface area contributed by atoms with E-state index in [1.54, 1.807) is 0 Å². The van der Waals surface area contributed by atoms with E-state index in [0.29, 0.717) is 5.75 Å². The van der Waals surface area contributed by atoms with Crippen molar-refractivity contribution in [1.82, 2.24) is 0 Å². The normalized spacial score (nSPS) is 12.4. The van der Waals surface area contributed by atoms with Gasteiger partial charge in [0.25, 0.3) is 20.2 Å². The number of nitrogens with two attached hydrogens (primary N) is 1. The number of rotatable bonds is 6. The van der Waals surface area contributed by atoms with Gasteiger partial charge in [-0.2, -0.15) is 21.9 Å². The minimum absolute atomic E-state index is 0.117. The summed E-state index contributed by atoms with van der Waals surface area (Å²) in [5.74, 6) is 0.539. The third-order valence-electron chi connectivity index (χ3n) is 4.26. The second kappa shape index (κ2) is 8.11. The van der Waals surface area contributed by atoms with Gasteiger partial charge in [-0.05, 0) is 18.2 Å². The fourth-order valence-electron chi connectivity index (χ4n) is 2.90. The Labute approximate surface area is 177 Å². The number of ether oxygens (including phenoxy) is 2. The second-order valence-electron chi connectivity index (χ2n) is 6.21. The summed E-state index contributed by atoms with van der Waals surface area (Å²) in [6, 6.07) is 8.70. The Morgan fingerprint density at radius 3 is 2.03 bits per heavy atom. The SMILES string of the molecule is COc1cc(N=Nc2cc(S(=O)(=O)O)c3cccc(S(=O)(=O)O)c3c2)c(OC)cc1N. The maximum atomic E-state index is 11.9. The molecular formula is C18H17N3O8S2. The lowest BCUT2D eigenvalue weighted by molar-refractivity contribution is 0.406. The smallest absolute Gasteiger partial charge is 0.295 e. The third kappa shape index (κ3) is 4.59. The molecule has 0 spiro atoms. The molecule has 31 heavy (non-hydrogen) atoms. The topological polar surface area (TPSA) is 178 Å². The number of fused-ring (bicyclic) bond motifs is 1. The molecule has 0 radical (unpaired) electrons. The van der Waals surface area contributed by atoms with Crippen molar-refractivity contribution in [2.75, 3.05) is 20.0 Å². The minimum Gasteiger partial charge on any atom is -0.495 e. The Balaban J connectivity index is 2.27. The number of nitrogen functional groups attached to an aromatic ring is 1. The van der Waals surface area contributed by atoms with Crippen LogP contribution in [0.4, 0.5) is 17.1 Å². The third-order valence-corrected chi connectivity index (χ3v) is 6.07. The molecule has 13 heteroatoms. The van der Waals surface area contributed by atoms with Crippen molar-refractivity contribution in [3.63, 3.8) is 0 Å². The summed E-state index contributed by atoms with van der Waals surface area (Å²) in [5, 5.41) is 7.64. The fraction of sp³-hybridized carbons (Fsp3) is 0.111. The van der Waals surface area contributed by atoms with E-state index in [-0.39, 0.29) is 33.6 Å². The van der Waals surface area contributed by atoms with Crippen LogP contribution in [0.1, 0.15) is 0 Å². The Morgan fingerprint density at radius 1 is 0.806 bits per heavy atom. The molecule has 0 amide bonds. The molecule has 0 fully saturated rings. The Kier molecular flexibility index (Phi) is 5.87. The second-order valence-corrected chi connectivity index (χ2v) is 8.99. The van der Waals surface area contributed by atoms with E-state index < -0.39 is 30.0 Å². The highest BCUT2D eigenvalue weighted by atomic mass is 32.2. The van der Waals surface area contributed by atoms with Gasteiger partial charge in [-0.1, -0.05) is 12.1 Å². The van der Waals surface area contributed by atoms with Crippen molar-refractivity contribution in [3.05, 3.63) is 42.5 Å². The Bertz CT molecular complexity index is 1420. The highest BCUT2D eigenvalue weighted by molar-refractivity contribution is 7.86. The fourth-order valence-corrected chi connectivity index (χ4v) is 4.32. The molecule has 0 atom stereocenters. The van der Waals surface area contributed by atoms with Crippen molar-refractivity contribution in [2.45, 2.75) is 9.79 Å². The van der Waals surface area contributed by atoms with Crippen molar-refractivity contribution in [3.8, 4) is 11.5 Å². The van der Waals surface area contributed by atoms with E-state index in [0.717, 1.165) is 12.1 Å². The zero-order chi connectivity index (χ0) is 23.0. The van der Waals surface area contributed by atoms with Crippen LogP contribution in [0.15, 0.2) is 62.5 Å². The van der Waals surface area contributed by atoms with E-state index in [2.05, 4.69) is 10.2 Å². The highest BCUT2D eigenvalue weighted by Crippen LogP contribution is 2.38. The number of nitrogens with zero attached hydrogens (tertiary/aromatic N) is 2. The predicted molar refractivity (Wildman–Crippen MR) is 112 cm³/mol. The molecular weight excluding hydrogens is 450 g/mol. The minimum atomic E-state index is -4.77. The maximum Gasteiger partial charge on any atom is 0.295 e. The van der Waals surface area contributed by atoms with Gasteiger partial charge in [0.2, 0.25) is 0 Å². The molecule has 0 aliphatic heterocycles. The summed E-state index contributed by atoms with van der Waals surface area (Å²) in [4.78, 5) is -1.16. The average Bonchev–Trinajstić information content (AvgIpc) is 2.69. The van der Waals surface area contributed by atoms with Gasteiger partial charge >= 0.3 is 0 Å². The van der Waals surface area contributed by atoms with Crippen LogP contribution in [0.3, 0.4) is 0 Å². The first-order valence-electron chi connectivity index (χ1n) is 8.40.